The van der Waals surface area contributed by atoms with Gasteiger partial charge in [0.05, 0.1) is 23.2 Å². The van der Waals surface area contributed by atoms with Crippen LogP contribution in [-0.2, 0) is 0 Å². The van der Waals surface area contributed by atoms with Gasteiger partial charge in [0.2, 0.25) is 0 Å². The second-order valence-electron chi connectivity index (χ2n) is 4.84. The summed E-state index contributed by atoms with van der Waals surface area (Å²) < 4.78 is 5.37. The fraction of sp³-hybridized carbons (Fsp3) is 0.250. The Morgan fingerprint density at radius 3 is 2.05 bits per heavy atom. The summed E-state index contributed by atoms with van der Waals surface area (Å²) in [6.07, 6.45) is 0. The number of benzene rings is 2. The topological polar surface area (TPSA) is 35.2 Å². The third kappa shape index (κ3) is 2.93. The van der Waals surface area contributed by atoms with Gasteiger partial charge in [-0.2, -0.15) is 0 Å². The Morgan fingerprint density at radius 1 is 0.950 bits per heavy atom. The van der Waals surface area contributed by atoms with Crippen LogP contribution in [0.4, 0.5) is 0 Å². The van der Waals surface area contributed by atoms with Gasteiger partial charge < -0.3 is 10.5 Å². The fourth-order valence-corrected chi connectivity index (χ4v) is 2.69. The Balaban J connectivity index is 2.42. The van der Waals surface area contributed by atoms with Crippen molar-refractivity contribution >= 4 is 23.2 Å². The van der Waals surface area contributed by atoms with Crippen molar-refractivity contribution in [3.05, 3.63) is 62.6 Å². The van der Waals surface area contributed by atoms with Crippen LogP contribution in [0.15, 0.2) is 30.3 Å². The molecule has 0 aliphatic rings. The van der Waals surface area contributed by atoms with E-state index in [-0.39, 0.29) is 6.04 Å². The van der Waals surface area contributed by atoms with Gasteiger partial charge in [-0.15, -0.1) is 0 Å². The van der Waals surface area contributed by atoms with E-state index in [1.165, 1.54) is 0 Å². The largest absolute Gasteiger partial charge is 0.496 e. The van der Waals surface area contributed by atoms with E-state index in [9.17, 15) is 0 Å². The van der Waals surface area contributed by atoms with Gasteiger partial charge in [-0.3, -0.25) is 0 Å². The van der Waals surface area contributed by atoms with E-state index in [4.69, 9.17) is 33.7 Å². The van der Waals surface area contributed by atoms with Crippen molar-refractivity contribution < 1.29 is 4.74 Å². The molecule has 0 amide bonds. The van der Waals surface area contributed by atoms with Crippen molar-refractivity contribution in [2.45, 2.75) is 19.9 Å². The monoisotopic (exact) mass is 309 g/mol. The number of methoxy groups -OCH3 is 1. The van der Waals surface area contributed by atoms with Crippen molar-refractivity contribution in [1.82, 2.24) is 0 Å². The van der Waals surface area contributed by atoms with Crippen LogP contribution >= 0.6 is 23.2 Å². The van der Waals surface area contributed by atoms with E-state index in [0.29, 0.717) is 10.0 Å². The minimum atomic E-state index is -0.243. The van der Waals surface area contributed by atoms with Gasteiger partial charge >= 0.3 is 0 Å². The maximum atomic E-state index is 6.32. The second kappa shape index (κ2) is 6.04. The highest BCUT2D eigenvalue weighted by molar-refractivity contribution is 6.42. The standard InChI is InChI=1S/C16H17Cl2NO/c1-9-6-12(7-10(2)16(9)20-3)15(19)11-4-5-13(17)14(18)8-11/h4-8,15H,19H2,1-3H3. The summed E-state index contributed by atoms with van der Waals surface area (Å²) in [5.41, 5.74) is 10.4. The molecule has 2 rings (SSSR count). The number of hydrogen-bond acceptors (Lipinski definition) is 2. The zero-order valence-corrected chi connectivity index (χ0v) is 13.2. The van der Waals surface area contributed by atoms with E-state index in [1.54, 1.807) is 13.2 Å². The first-order valence-electron chi connectivity index (χ1n) is 6.29. The van der Waals surface area contributed by atoms with Crippen molar-refractivity contribution in [3.8, 4) is 5.75 Å². The summed E-state index contributed by atoms with van der Waals surface area (Å²) >= 11 is 12.0. The number of ether oxygens (including phenoxy) is 1. The smallest absolute Gasteiger partial charge is 0.124 e. The molecule has 2 N–H and O–H groups in total. The van der Waals surface area contributed by atoms with Crippen LogP contribution in [0.1, 0.15) is 28.3 Å². The van der Waals surface area contributed by atoms with Gasteiger partial charge in [0, 0.05) is 0 Å². The lowest BCUT2D eigenvalue weighted by molar-refractivity contribution is 0.408. The molecule has 2 nitrogen and oxygen atoms in total. The SMILES string of the molecule is COc1c(C)cc(C(N)c2ccc(Cl)c(Cl)c2)cc1C. The number of nitrogens with two attached hydrogens (primary N) is 1. The minimum absolute atomic E-state index is 0.243. The summed E-state index contributed by atoms with van der Waals surface area (Å²) in [7, 11) is 1.67. The van der Waals surface area contributed by atoms with E-state index in [0.717, 1.165) is 28.0 Å². The first kappa shape index (κ1) is 15.2. The van der Waals surface area contributed by atoms with Gasteiger partial charge in [0.25, 0.3) is 0 Å². The van der Waals surface area contributed by atoms with Crippen molar-refractivity contribution in [2.75, 3.05) is 7.11 Å². The Hall–Kier alpha value is -1.22. The lowest BCUT2D eigenvalue weighted by Crippen LogP contribution is -2.12. The molecule has 0 heterocycles. The van der Waals surface area contributed by atoms with Gasteiger partial charge in [0.15, 0.2) is 0 Å². The lowest BCUT2D eigenvalue weighted by Gasteiger charge is -2.17. The highest BCUT2D eigenvalue weighted by Gasteiger charge is 2.14. The molecule has 1 unspecified atom stereocenters. The Kier molecular flexibility index (Phi) is 4.59. The third-order valence-corrected chi connectivity index (χ3v) is 4.09. The molecule has 4 heteroatoms. The molecule has 20 heavy (non-hydrogen) atoms. The second-order valence-corrected chi connectivity index (χ2v) is 5.65. The van der Waals surface area contributed by atoms with Crippen molar-refractivity contribution in [2.24, 2.45) is 5.73 Å². The maximum absolute atomic E-state index is 6.32. The molecule has 0 aliphatic heterocycles. The predicted octanol–water partition coefficient (Wildman–Crippen LogP) is 4.67. The number of hydrogen-bond donors (Lipinski definition) is 1. The fourth-order valence-electron chi connectivity index (χ4n) is 2.38. The normalized spacial score (nSPS) is 12.3. The molecule has 2 aromatic rings. The summed E-state index contributed by atoms with van der Waals surface area (Å²) in [4.78, 5) is 0. The van der Waals surface area contributed by atoms with E-state index < -0.39 is 0 Å². The van der Waals surface area contributed by atoms with Crippen LogP contribution in [0, 0.1) is 13.8 Å². The molecule has 106 valence electrons. The Morgan fingerprint density at radius 2 is 1.55 bits per heavy atom. The molecule has 0 radical (unpaired) electrons. The molecule has 0 aromatic heterocycles. The predicted molar refractivity (Wildman–Crippen MR) is 85.0 cm³/mol. The molecule has 0 bridgehead atoms. The molecular weight excluding hydrogens is 293 g/mol. The molecule has 0 fully saturated rings. The Bertz CT molecular complexity index is 617. The molecule has 0 saturated carbocycles. The average Bonchev–Trinajstić information content (AvgIpc) is 2.40. The average molecular weight is 310 g/mol. The zero-order chi connectivity index (χ0) is 14.9. The molecule has 1 atom stereocenters. The number of aryl methyl sites for hydroxylation is 2. The van der Waals surface area contributed by atoms with Crippen LogP contribution in [0.25, 0.3) is 0 Å². The number of rotatable bonds is 3. The van der Waals surface area contributed by atoms with Crippen LogP contribution in [0.2, 0.25) is 10.0 Å². The lowest BCUT2D eigenvalue weighted by atomic mass is 9.96. The minimum Gasteiger partial charge on any atom is -0.496 e. The summed E-state index contributed by atoms with van der Waals surface area (Å²) in [5, 5.41) is 1.05. The third-order valence-electron chi connectivity index (χ3n) is 3.35. The highest BCUT2D eigenvalue weighted by atomic mass is 35.5. The quantitative estimate of drug-likeness (QED) is 0.894. The maximum Gasteiger partial charge on any atom is 0.124 e. The summed E-state index contributed by atoms with van der Waals surface area (Å²) in [6.45, 7) is 4.02. The molecular formula is C16H17Cl2NO. The van der Waals surface area contributed by atoms with Gasteiger partial charge in [-0.1, -0.05) is 41.4 Å². The molecule has 0 spiro atoms. The van der Waals surface area contributed by atoms with Gasteiger partial charge in [-0.25, -0.2) is 0 Å². The summed E-state index contributed by atoms with van der Waals surface area (Å²) in [6, 6.07) is 9.31. The van der Waals surface area contributed by atoms with Crippen LogP contribution in [0.3, 0.4) is 0 Å². The van der Waals surface area contributed by atoms with Crippen molar-refractivity contribution in [1.29, 1.82) is 0 Å². The van der Waals surface area contributed by atoms with Crippen LogP contribution in [0.5, 0.6) is 5.75 Å². The molecule has 0 aliphatic carbocycles. The van der Waals surface area contributed by atoms with E-state index in [2.05, 4.69) is 0 Å². The van der Waals surface area contributed by atoms with Gasteiger partial charge in [0.1, 0.15) is 5.75 Å². The molecule has 2 aromatic carbocycles. The van der Waals surface area contributed by atoms with Crippen molar-refractivity contribution in [3.63, 3.8) is 0 Å². The number of halogens is 2. The highest BCUT2D eigenvalue weighted by Crippen LogP contribution is 2.31. The Labute approximate surface area is 129 Å². The molecule has 0 saturated heterocycles. The van der Waals surface area contributed by atoms with Gasteiger partial charge in [-0.05, 0) is 48.2 Å². The first-order valence-corrected chi connectivity index (χ1v) is 7.05. The zero-order valence-electron chi connectivity index (χ0n) is 11.7. The summed E-state index contributed by atoms with van der Waals surface area (Å²) in [5.74, 6) is 0.898. The first-order chi connectivity index (χ1) is 9.43. The van der Waals surface area contributed by atoms with Crippen LogP contribution < -0.4 is 10.5 Å². The van der Waals surface area contributed by atoms with Crippen LogP contribution in [-0.4, -0.2) is 7.11 Å². The van der Waals surface area contributed by atoms with E-state index >= 15 is 0 Å². The van der Waals surface area contributed by atoms with E-state index in [1.807, 2.05) is 38.1 Å².